The van der Waals surface area contributed by atoms with Crippen LogP contribution in [-0.4, -0.2) is 38.0 Å². The summed E-state index contributed by atoms with van der Waals surface area (Å²) in [7, 11) is 0.965. The van der Waals surface area contributed by atoms with Gasteiger partial charge in [-0.2, -0.15) is 13.2 Å². The molecule has 0 saturated carbocycles. The second kappa shape index (κ2) is 5.16. The molecule has 4 nitrogen and oxygen atoms in total. The van der Waals surface area contributed by atoms with Gasteiger partial charge in [-0.15, -0.1) is 0 Å². The smallest absolute Gasteiger partial charge is 0.406 e. The molecule has 0 aliphatic rings. The summed E-state index contributed by atoms with van der Waals surface area (Å²) >= 11 is 0. The molecule has 2 N–H and O–H groups in total. The van der Waals surface area contributed by atoms with Gasteiger partial charge < -0.3 is 15.2 Å². The first-order valence-corrected chi connectivity index (χ1v) is 3.86. The average molecular weight is 215 g/mol. The van der Waals surface area contributed by atoms with E-state index in [4.69, 9.17) is 5.73 Å². The van der Waals surface area contributed by atoms with Crippen molar-refractivity contribution in [3.8, 4) is 0 Å². The van der Waals surface area contributed by atoms with Crippen LogP contribution in [0.3, 0.4) is 0 Å². The summed E-state index contributed by atoms with van der Waals surface area (Å²) in [5.74, 6) is -1.11. The number of esters is 1. The maximum absolute atomic E-state index is 12.1. The zero-order chi connectivity index (χ0) is 11.4. The molecule has 14 heavy (non-hydrogen) atoms. The highest BCUT2D eigenvalue weighted by atomic mass is 19.4. The predicted molar refractivity (Wildman–Crippen MR) is 41.5 cm³/mol. The van der Waals surface area contributed by atoms with Gasteiger partial charge >= 0.3 is 12.1 Å². The van der Waals surface area contributed by atoms with Crippen LogP contribution < -0.4 is 5.73 Å². The number of hydrogen-bond donors (Lipinski definition) is 1. The van der Waals surface area contributed by atoms with Crippen molar-refractivity contribution in [3.63, 3.8) is 0 Å². The van der Waals surface area contributed by atoms with E-state index >= 15 is 0 Å². The maximum Gasteiger partial charge on any atom is 0.406 e. The third-order valence-corrected chi connectivity index (χ3v) is 1.48. The molecule has 0 bridgehead atoms. The molecule has 0 heterocycles. The molecule has 0 aliphatic carbocycles. The second-order valence-corrected chi connectivity index (χ2v) is 2.48. The van der Waals surface area contributed by atoms with E-state index in [2.05, 4.69) is 9.47 Å². The van der Waals surface area contributed by atoms with Crippen molar-refractivity contribution in [2.45, 2.75) is 25.2 Å². The highest BCUT2D eigenvalue weighted by molar-refractivity contribution is 5.75. The van der Waals surface area contributed by atoms with Gasteiger partial charge in [-0.05, 0) is 6.92 Å². The molecule has 0 radical (unpaired) electrons. The molecular weight excluding hydrogens is 203 g/mol. The summed E-state index contributed by atoms with van der Waals surface area (Å²) in [4.78, 5) is 10.9. The third kappa shape index (κ3) is 3.51. The van der Waals surface area contributed by atoms with E-state index in [1.807, 2.05) is 0 Å². The number of carbonyl (C=O) groups excluding carboxylic acids is 1. The van der Waals surface area contributed by atoms with Crippen molar-refractivity contribution in [1.82, 2.24) is 0 Å². The molecule has 0 unspecified atom stereocenters. The van der Waals surface area contributed by atoms with Gasteiger partial charge in [0.05, 0.1) is 6.61 Å². The van der Waals surface area contributed by atoms with E-state index in [9.17, 15) is 18.0 Å². The Morgan fingerprint density at radius 1 is 1.50 bits per heavy atom. The molecule has 0 spiro atoms. The molecule has 0 aromatic carbocycles. The first-order chi connectivity index (χ1) is 6.34. The van der Waals surface area contributed by atoms with Crippen molar-refractivity contribution in [2.24, 2.45) is 5.73 Å². The number of ether oxygens (including phenoxy) is 2. The zero-order valence-electron chi connectivity index (χ0n) is 7.80. The van der Waals surface area contributed by atoms with Crippen LogP contribution in [0.4, 0.5) is 13.2 Å². The minimum Gasteiger partial charge on any atom is -0.464 e. The van der Waals surface area contributed by atoms with Crippen LogP contribution in [0, 0.1) is 0 Å². The fourth-order valence-electron chi connectivity index (χ4n) is 0.785. The van der Waals surface area contributed by atoms with Gasteiger partial charge in [0, 0.05) is 7.11 Å². The van der Waals surface area contributed by atoms with Crippen LogP contribution in [0.1, 0.15) is 6.92 Å². The van der Waals surface area contributed by atoms with Gasteiger partial charge in [-0.3, -0.25) is 0 Å². The first kappa shape index (κ1) is 13.2. The number of hydrogen-bond acceptors (Lipinski definition) is 4. The lowest BCUT2D eigenvalue weighted by molar-refractivity contribution is -0.189. The molecule has 0 fully saturated rings. The average Bonchev–Trinajstić information content (AvgIpc) is 2.04. The fourth-order valence-corrected chi connectivity index (χ4v) is 0.785. The minimum atomic E-state index is -4.69. The maximum atomic E-state index is 12.1. The summed E-state index contributed by atoms with van der Waals surface area (Å²) in [6.45, 7) is 1.45. The molecule has 0 amide bonds. The number of alkyl halides is 3. The van der Waals surface area contributed by atoms with Crippen molar-refractivity contribution in [3.05, 3.63) is 0 Å². The van der Waals surface area contributed by atoms with Crippen LogP contribution in [0.2, 0.25) is 0 Å². The lowest BCUT2D eigenvalue weighted by Crippen LogP contribution is -2.52. The largest absolute Gasteiger partial charge is 0.464 e. The van der Waals surface area contributed by atoms with Crippen LogP contribution in [0.25, 0.3) is 0 Å². The molecule has 0 aromatic heterocycles. The summed E-state index contributed by atoms with van der Waals surface area (Å²) in [5, 5.41) is 0. The number of rotatable bonds is 4. The minimum absolute atomic E-state index is 0.0245. The van der Waals surface area contributed by atoms with Gasteiger partial charge in [-0.25, -0.2) is 4.79 Å². The van der Waals surface area contributed by atoms with E-state index in [0.29, 0.717) is 0 Å². The Balaban J connectivity index is 4.48. The molecule has 2 atom stereocenters. The van der Waals surface area contributed by atoms with E-state index in [1.54, 1.807) is 0 Å². The Morgan fingerprint density at radius 3 is 2.29 bits per heavy atom. The van der Waals surface area contributed by atoms with Crippen LogP contribution in [0.15, 0.2) is 0 Å². The number of halogens is 3. The number of carbonyl (C=O) groups is 1. The Kier molecular flexibility index (Phi) is 4.86. The number of nitrogens with two attached hydrogens (primary N) is 1. The predicted octanol–water partition coefficient (Wildman–Crippen LogP) is 0.454. The topological polar surface area (TPSA) is 61.5 Å². The van der Waals surface area contributed by atoms with Crippen LogP contribution >= 0.6 is 0 Å². The van der Waals surface area contributed by atoms with Gasteiger partial charge in [-0.1, -0.05) is 0 Å². The standard InChI is InChI=1S/C7H12F3NO3/c1-3-14-6(12)4(13-2)5(11)7(8,9)10/h4-5H,3,11H2,1-2H3/t4-,5-/m0/s1. The SMILES string of the molecule is CCOC(=O)[C@@H](OC)[C@H](N)C(F)(F)F. The summed E-state index contributed by atoms with van der Waals surface area (Å²) in [6, 6.07) is -2.37. The van der Waals surface area contributed by atoms with Crippen molar-refractivity contribution in [2.75, 3.05) is 13.7 Å². The highest BCUT2D eigenvalue weighted by Crippen LogP contribution is 2.22. The fraction of sp³-hybridized carbons (Fsp3) is 0.857. The Labute approximate surface area is 79.2 Å². The lowest BCUT2D eigenvalue weighted by atomic mass is 10.1. The molecule has 7 heteroatoms. The first-order valence-electron chi connectivity index (χ1n) is 3.86. The van der Waals surface area contributed by atoms with Gasteiger partial charge in [0.2, 0.25) is 0 Å². The molecule has 0 aliphatic heterocycles. The lowest BCUT2D eigenvalue weighted by Gasteiger charge is -2.22. The number of methoxy groups -OCH3 is 1. The monoisotopic (exact) mass is 215 g/mol. The normalized spacial score (nSPS) is 16.1. The zero-order valence-corrected chi connectivity index (χ0v) is 7.80. The molecule has 0 aromatic rings. The van der Waals surface area contributed by atoms with E-state index in [-0.39, 0.29) is 6.61 Å². The van der Waals surface area contributed by atoms with Crippen molar-refractivity contribution in [1.29, 1.82) is 0 Å². The van der Waals surface area contributed by atoms with Crippen LogP contribution in [0.5, 0.6) is 0 Å². The third-order valence-electron chi connectivity index (χ3n) is 1.48. The van der Waals surface area contributed by atoms with E-state index in [1.165, 1.54) is 6.92 Å². The molecule has 0 saturated heterocycles. The Hall–Kier alpha value is -0.820. The molecule has 0 rings (SSSR count). The highest BCUT2D eigenvalue weighted by Gasteiger charge is 2.46. The van der Waals surface area contributed by atoms with Gasteiger partial charge in [0.15, 0.2) is 6.10 Å². The summed E-state index contributed by atoms with van der Waals surface area (Å²) < 4.78 is 44.9. The quantitative estimate of drug-likeness (QED) is 0.692. The van der Waals surface area contributed by atoms with Crippen molar-refractivity contribution < 1.29 is 27.4 Å². The van der Waals surface area contributed by atoms with Gasteiger partial charge in [0.25, 0.3) is 0 Å². The Bertz CT molecular complexity index is 195. The Morgan fingerprint density at radius 2 is 2.00 bits per heavy atom. The van der Waals surface area contributed by atoms with E-state index < -0.39 is 24.3 Å². The van der Waals surface area contributed by atoms with Gasteiger partial charge in [0.1, 0.15) is 6.04 Å². The summed E-state index contributed by atoms with van der Waals surface area (Å²) in [6.07, 6.45) is -6.50. The second-order valence-electron chi connectivity index (χ2n) is 2.48. The summed E-state index contributed by atoms with van der Waals surface area (Å²) in [5.41, 5.74) is 4.79. The van der Waals surface area contributed by atoms with Crippen molar-refractivity contribution >= 4 is 5.97 Å². The molecular formula is C7H12F3NO3. The van der Waals surface area contributed by atoms with E-state index in [0.717, 1.165) is 7.11 Å². The van der Waals surface area contributed by atoms with Crippen LogP contribution in [-0.2, 0) is 14.3 Å². The molecule has 84 valence electrons.